The van der Waals surface area contributed by atoms with Crippen LogP contribution in [-0.4, -0.2) is 59.0 Å². The van der Waals surface area contributed by atoms with Gasteiger partial charge in [-0.3, -0.25) is 20.2 Å². The second-order valence-electron chi connectivity index (χ2n) is 17.1. The molecule has 0 bridgehead atoms. The van der Waals surface area contributed by atoms with Crippen LogP contribution in [0.5, 0.6) is 5.75 Å². The molecule has 0 fully saturated rings. The molecule has 2 aliphatic rings. The molecule has 18 heteroatoms. The SMILES string of the molecule is CC1=CC(/C=C/c2ccc(OS(=O)(=O)c3ccc([N+](=O)[O-])cc3[N+](=O)[O-])cc2)=[N+]2C1=C(c1ccc(-c3ccc4nc(-c5ccc6cc(N(C)C)ccc6c5)oc4c3)cc1)c1c(C)cc(C)n1[B-]2(F)F. The Balaban J connectivity index is 0.948. The summed E-state index contributed by atoms with van der Waals surface area (Å²) in [6.45, 7) is 0.914. The summed E-state index contributed by atoms with van der Waals surface area (Å²) >= 11 is 0. The summed E-state index contributed by atoms with van der Waals surface area (Å²) < 4.78 is 73.9. The molecule has 0 radical (unpaired) electrons. The van der Waals surface area contributed by atoms with Crippen molar-refractivity contribution in [2.75, 3.05) is 19.0 Å². The third kappa shape index (κ3) is 7.73. The lowest BCUT2D eigenvalue weighted by Gasteiger charge is -2.34. The molecular formula is C51H39BF2N6O8S. The molecule has 0 N–H and O–H groups in total. The number of nitrogens with zero attached hydrogens (tertiary/aromatic N) is 6. The molecule has 0 saturated heterocycles. The van der Waals surface area contributed by atoms with E-state index in [1.807, 2.05) is 69.6 Å². The number of rotatable bonds is 11. The van der Waals surface area contributed by atoms with E-state index in [2.05, 4.69) is 35.2 Å². The van der Waals surface area contributed by atoms with Crippen LogP contribution < -0.4 is 9.08 Å². The van der Waals surface area contributed by atoms with E-state index >= 15 is 8.63 Å². The topological polar surface area (TPSA) is 167 Å². The second-order valence-corrected chi connectivity index (χ2v) is 18.7. The molecule has 69 heavy (non-hydrogen) atoms. The van der Waals surface area contributed by atoms with E-state index in [0.717, 1.165) is 65.3 Å². The fraction of sp³-hybridized carbons (Fsp3) is 0.0980. The van der Waals surface area contributed by atoms with Crippen LogP contribution in [0.25, 0.3) is 56.1 Å². The number of hydrogen-bond acceptors (Lipinski definition) is 10. The summed E-state index contributed by atoms with van der Waals surface area (Å²) in [5.74, 6) is 0.311. The first-order valence-electron chi connectivity index (χ1n) is 21.6. The highest BCUT2D eigenvalue weighted by Crippen LogP contribution is 2.45. The van der Waals surface area contributed by atoms with Gasteiger partial charge < -0.3 is 31.1 Å². The van der Waals surface area contributed by atoms with E-state index in [1.165, 1.54) is 24.3 Å². The van der Waals surface area contributed by atoms with Crippen LogP contribution in [0.3, 0.4) is 0 Å². The number of fused-ring (bicyclic) bond motifs is 4. The number of benzene rings is 6. The maximum Gasteiger partial charge on any atom is 0.737 e. The van der Waals surface area contributed by atoms with Crippen LogP contribution >= 0.6 is 0 Å². The molecule has 8 aromatic rings. The van der Waals surface area contributed by atoms with Gasteiger partial charge in [-0.1, -0.05) is 54.6 Å². The van der Waals surface area contributed by atoms with Gasteiger partial charge in [0, 0.05) is 54.8 Å². The van der Waals surface area contributed by atoms with Crippen LogP contribution in [0.4, 0.5) is 25.7 Å². The predicted molar refractivity (Wildman–Crippen MR) is 262 cm³/mol. The Morgan fingerprint density at radius 1 is 0.768 bits per heavy atom. The van der Waals surface area contributed by atoms with Crippen molar-refractivity contribution in [1.82, 2.24) is 9.46 Å². The van der Waals surface area contributed by atoms with Crippen molar-refractivity contribution in [3.63, 3.8) is 0 Å². The fourth-order valence-electron chi connectivity index (χ4n) is 9.16. The van der Waals surface area contributed by atoms with Gasteiger partial charge in [0.05, 0.1) is 21.5 Å². The predicted octanol–water partition coefficient (Wildman–Crippen LogP) is 11.5. The summed E-state index contributed by atoms with van der Waals surface area (Å²) in [5.41, 5.74) is 8.10. The monoisotopic (exact) mass is 944 g/mol. The first kappa shape index (κ1) is 44.3. The average molecular weight is 945 g/mol. The minimum absolute atomic E-state index is 0.203. The van der Waals surface area contributed by atoms with Crippen LogP contribution in [-0.2, 0) is 10.1 Å². The quantitative estimate of drug-likeness (QED) is 0.0527. The maximum absolute atomic E-state index is 17.1. The van der Waals surface area contributed by atoms with E-state index in [1.54, 1.807) is 38.1 Å². The molecule has 0 unspecified atom stereocenters. The van der Waals surface area contributed by atoms with Crippen molar-refractivity contribution in [2.24, 2.45) is 0 Å². The van der Waals surface area contributed by atoms with Crippen LogP contribution in [0.1, 0.15) is 35.0 Å². The lowest BCUT2D eigenvalue weighted by molar-refractivity contribution is -0.396. The minimum Gasteiger partial charge on any atom is -0.436 e. The zero-order valence-electron chi connectivity index (χ0n) is 37.5. The highest BCUT2D eigenvalue weighted by atomic mass is 32.2. The molecule has 4 heterocycles. The number of anilines is 1. The highest BCUT2D eigenvalue weighted by Gasteiger charge is 2.55. The molecule has 2 aliphatic heterocycles. The molecule has 0 spiro atoms. The number of oxazole rings is 1. The van der Waals surface area contributed by atoms with Crippen molar-refractivity contribution in [3.8, 4) is 28.3 Å². The summed E-state index contributed by atoms with van der Waals surface area (Å²) in [6.07, 6.45) is 4.86. The molecule has 6 aromatic carbocycles. The Morgan fingerprint density at radius 3 is 2.16 bits per heavy atom. The van der Waals surface area contributed by atoms with Crippen LogP contribution in [0.2, 0.25) is 0 Å². The smallest absolute Gasteiger partial charge is 0.436 e. The summed E-state index contributed by atoms with van der Waals surface area (Å²) in [6, 6.07) is 35.6. The third-order valence-corrected chi connectivity index (χ3v) is 13.7. The van der Waals surface area contributed by atoms with Crippen molar-refractivity contribution in [1.29, 1.82) is 0 Å². The molecule has 0 aliphatic carbocycles. The van der Waals surface area contributed by atoms with Gasteiger partial charge in [0.1, 0.15) is 11.3 Å². The molecule has 344 valence electrons. The van der Waals surface area contributed by atoms with Gasteiger partial charge in [-0.25, -0.2) is 4.98 Å². The van der Waals surface area contributed by atoms with E-state index < -0.39 is 43.2 Å². The lowest BCUT2D eigenvalue weighted by atomic mass is 9.83. The first-order chi connectivity index (χ1) is 32.9. The normalized spacial score (nSPS) is 14.4. The van der Waals surface area contributed by atoms with Crippen LogP contribution in [0, 0.1) is 34.1 Å². The second kappa shape index (κ2) is 16.4. The Bertz CT molecular complexity index is 3760. The number of nitro groups is 2. The number of allylic oxidation sites excluding steroid dienone is 3. The highest BCUT2D eigenvalue weighted by molar-refractivity contribution is 7.87. The van der Waals surface area contributed by atoms with Crippen molar-refractivity contribution < 1.29 is 40.0 Å². The van der Waals surface area contributed by atoms with Gasteiger partial charge >= 0.3 is 17.1 Å². The van der Waals surface area contributed by atoms with Gasteiger partial charge in [-0.2, -0.15) is 8.42 Å². The number of nitro benzene ring substituents is 2. The third-order valence-electron chi connectivity index (χ3n) is 12.4. The van der Waals surface area contributed by atoms with Gasteiger partial charge in [-0.05, 0) is 132 Å². The van der Waals surface area contributed by atoms with E-state index in [9.17, 15) is 28.6 Å². The van der Waals surface area contributed by atoms with Crippen molar-refractivity contribution in [2.45, 2.75) is 25.7 Å². The van der Waals surface area contributed by atoms with Crippen molar-refractivity contribution >= 4 is 73.4 Å². The lowest BCUT2D eigenvalue weighted by Crippen LogP contribution is -2.51. The Kier molecular flexibility index (Phi) is 10.5. The molecule has 0 amide bonds. The maximum atomic E-state index is 17.1. The van der Waals surface area contributed by atoms with Gasteiger partial charge in [0.15, 0.2) is 21.9 Å². The van der Waals surface area contributed by atoms with Crippen molar-refractivity contribution in [3.05, 3.63) is 199 Å². The largest absolute Gasteiger partial charge is 0.737 e. The molecule has 10 rings (SSSR count). The molecular weight excluding hydrogens is 905 g/mol. The Labute approximate surface area is 393 Å². The number of non-ortho nitro benzene ring substituents is 1. The summed E-state index contributed by atoms with van der Waals surface area (Å²) in [7, 11) is -0.772. The van der Waals surface area contributed by atoms with Crippen LogP contribution in [0.15, 0.2) is 160 Å². The summed E-state index contributed by atoms with van der Waals surface area (Å²) in [5, 5.41) is 24.9. The van der Waals surface area contributed by atoms with Gasteiger partial charge in [-0.15, -0.1) is 0 Å². The van der Waals surface area contributed by atoms with E-state index in [4.69, 9.17) is 13.6 Å². The molecule has 2 aromatic heterocycles. The first-order valence-corrected chi connectivity index (χ1v) is 23.0. The number of aryl methyl sites for hydroxylation is 2. The number of hydrogen-bond donors (Lipinski definition) is 0. The van der Waals surface area contributed by atoms with Gasteiger partial charge in [0.2, 0.25) is 5.89 Å². The fourth-order valence-corrected chi connectivity index (χ4v) is 10.2. The minimum atomic E-state index is -4.79. The number of halogens is 2. The Hall–Kier alpha value is -8.51. The Morgan fingerprint density at radius 2 is 1.45 bits per heavy atom. The van der Waals surface area contributed by atoms with E-state index in [0.29, 0.717) is 56.9 Å². The zero-order valence-corrected chi connectivity index (χ0v) is 38.4. The number of aromatic nitrogens is 2. The summed E-state index contributed by atoms with van der Waals surface area (Å²) in [4.78, 5) is 26.8. The molecule has 0 saturated carbocycles. The zero-order chi connectivity index (χ0) is 48.7. The molecule has 14 nitrogen and oxygen atoms in total. The van der Waals surface area contributed by atoms with E-state index in [-0.39, 0.29) is 11.5 Å². The average Bonchev–Trinajstić information content (AvgIpc) is 4.00. The standard InChI is InChI=1S/C51H39BF2N6O8S/c1-30-24-32(3)57-49(30)48(35-11-9-34(10-12-35)38-16-22-44-46(28-38)67-51(55-44)39-14-13-37-27-40(56(4)5)18-15-36(37)26-39)50-31(2)25-41(58(50)52(57,53)54)17-6-33-7-20-43(21-8-33)68-69(65,66)47-23-19-42(59(61)62)29-45(47)60(63)64/h6-29H,1-5H3/b17-6+. The molecule has 0 atom stereocenters. The van der Waals surface area contributed by atoms with Gasteiger partial charge in [0.25, 0.3) is 11.4 Å².